The van der Waals surface area contributed by atoms with Crippen LogP contribution in [0.3, 0.4) is 0 Å². The Morgan fingerprint density at radius 2 is 1.77 bits per heavy atom. The van der Waals surface area contributed by atoms with Crippen LogP contribution in [0.15, 0.2) is 76.8 Å². The molecule has 0 saturated carbocycles. The van der Waals surface area contributed by atoms with Crippen LogP contribution in [0.25, 0.3) is 33.3 Å². The highest BCUT2D eigenvalue weighted by atomic mass is 32.2. The van der Waals surface area contributed by atoms with Crippen LogP contribution >= 0.6 is 0 Å². The molecule has 1 aliphatic rings. The number of aromatic amines is 1. The number of aryl methyl sites for hydroxylation is 2. The van der Waals surface area contributed by atoms with Crippen molar-refractivity contribution in [3.05, 3.63) is 83.0 Å². The predicted octanol–water partition coefficient (Wildman–Crippen LogP) is 3.99. The highest BCUT2D eigenvalue weighted by molar-refractivity contribution is 7.90. The number of anilines is 2. The Bertz CT molecular complexity index is 1800. The lowest BCUT2D eigenvalue weighted by molar-refractivity contribution is 0.602. The third-order valence-corrected chi connectivity index (χ3v) is 7.69. The van der Waals surface area contributed by atoms with Crippen molar-refractivity contribution in [3.8, 4) is 22.4 Å². The molecule has 0 aliphatic carbocycles. The normalized spacial score (nSPS) is 13.2. The molecule has 176 valence electrons. The molecule has 1 aliphatic heterocycles. The number of nitrogens with zero attached hydrogens (tertiary/aromatic N) is 4. The van der Waals surface area contributed by atoms with Gasteiger partial charge < -0.3 is 14.5 Å². The summed E-state index contributed by atoms with van der Waals surface area (Å²) in [5.41, 5.74) is 6.41. The van der Waals surface area contributed by atoms with Gasteiger partial charge >= 0.3 is 0 Å². The Hall–Kier alpha value is -4.11. The van der Waals surface area contributed by atoms with E-state index in [0.717, 1.165) is 44.7 Å². The van der Waals surface area contributed by atoms with E-state index in [4.69, 9.17) is 0 Å². The fraction of sp³-hybridized carbons (Fsp3) is 0.154. The Labute approximate surface area is 202 Å². The van der Waals surface area contributed by atoms with E-state index in [9.17, 15) is 13.2 Å². The molecule has 0 unspecified atom stereocenters. The number of aromatic nitrogens is 4. The summed E-state index contributed by atoms with van der Waals surface area (Å²) >= 11 is 0. The van der Waals surface area contributed by atoms with Gasteiger partial charge in [-0.1, -0.05) is 18.2 Å². The molecule has 1 N–H and O–H groups in total. The quantitative estimate of drug-likeness (QED) is 0.417. The fourth-order valence-electron chi connectivity index (χ4n) is 4.93. The number of para-hydroxylation sites is 1. The van der Waals surface area contributed by atoms with Gasteiger partial charge in [-0.3, -0.25) is 9.48 Å². The van der Waals surface area contributed by atoms with Crippen molar-refractivity contribution < 1.29 is 8.42 Å². The summed E-state index contributed by atoms with van der Waals surface area (Å²) in [6, 6.07) is 15.2. The standard InChI is InChI=1S/C26H23N5O3S/c1-29-14-20-19-11-18(35(3,33)34)9-10-22(19)31(17-7-5-4-6-8-17)15-21-23(20)25(26(29)32)28-24(21)16-12-27-30(2)13-16/h4-14,28H,15H2,1-3H3. The fourth-order valence-corrected chi connectivity index (χ4v) is 5.57. The van der Waals surface area contributed by atoms with Crippen LogP contribution < -0.4 is 10.5 Å². The maximum Gasteiger partial charge on any atom is 0.274 e. The number of sulfone groups is 1. The van der Waals surface area contributed by atoms with Crippen LogP contribution in [0.5, 0.6) is 0 Å². The van der Waals surface area contributed by atoms with E-state index in [2.05, 4.69) is 15.0 Å². The highest BCUT2D eigenvalue weighted by Crippen LogP contribution is 2.46. The van der Waals surface area contributed by atoms with E-state index in [1.54, 1.807) is 40.8 Å². The third kappa shape index (κ3) is 3.30. The lowest BCUT2D eigenvalue weighted by Crippen LogP contribution is -2.17. The molecule has 3 aromatic heterocycles. The maximum absolute atomic E-state index is 13.2. The molecule has 5 aromatic rings. The van der Waals surface area contributed by atoms with Crippen LogP contribution in [-0.2, 0) is 30.5 Å². The van der Waals surface area contributed by atoms with E-state index in [-0.39, 0.29) is 10.5 Å². The molecule has 0 fully saturated rings. The van der Waals surface area contributed by atoms with Crippen LogP contribution in [0.2, 0.25) is 0 Å². The molecule has 6 rings (SSSR count). The SMILES string of the molecule is Cn1cc(-c2[nH]c3c(=O)n(C)cc4c3c2CN(c2ccccc2)c2ccc(S(C)(=O)=O)cc2-4)cn1. The summed E-state index contributed by atoms with van der Waals surface area (Å²) in [6.45, 7) is 0.486. The smallest absolute Gasteiger partial charge is 0.274 e. The Morgan fingerprint density at radius 1 is 1.00 bits per heavy atom. The first-order chi connectivity index (χ1) is 16.7. The number of pyridine rings is 1. The van der Waals surface area contributed by atoms with Gasteiger partial charge in [-0.2, -0.15) is 5.10 Å². The van der Waals surface area contributed by atoms with Crippen molar-refractivity contribution in [2.75, 3.05) is 11.2 Å². The van der Waals surface area contributed by atoms with Gasteiger partial charge in [0.25, 0.3) is 5.56 Å². The second-order valence-corrected chi connectivity index (χ2v) is 11.0. The first-order valence-electron chi connectivity index (χ1n) is 11.1. The number of fused-ring (bicyclic) bond motifs is 2. The van der Waals surface area contributed by atoms with Crippen LogP contribution in [0.1, 0.15) is 5.56 Å². The molecular weight excluding hydrogens is 462 g/mol. The topological polar surface area (TPSA) is 93.0 Å². The molecule has 0 saturated heterocycles. The second kappa shape index (κ2) is 7.44. The van der Waals surface area contributed by atoms with Gasteiger partial charge in [0.05, 0.1) is 23.3 Å². The van der Waals surface area contributed by atoms with Gasteiger partial charge in [-0.15, -0.1) is 0 Å². The monoisotopic (exact) mass is 485 g/mol. The summed E-state index contributed by atoms with van der Waals surface area (Å²) in [5.74, 6) is 0. The molecule has 0 radical (unpaired) electrons. The van der Waals surface area contributed by atoms with Gasteiger partial charge in [-0.05, 0) is 30.3 Å². The first kappa shape index (κ1) is 21.4. The number of H-pyrrole nitrogens is 1. The first-order valence-corrected chi connectivity index (χ1v) is 13.0. The number of nitrogens with one attached hydrogen (secondary N) is 1. The average molecular weight is 486 g/mol. The lowest BCUT2D eigenvalue weighted by Gasteiger charge is -2.26. The molecule has 35 heavy (non-hydrogen) atoms. The molecule has 0 spiro atoms. The molecule has 4 heterocycles. The summed E-state index contributed by atoms with van der Waals surface area (Å²) in [7, 11) is 0.129. The van der Waals surface area contributed by atoms with Crippen molar-refractivity contribution in [3.63, 3.8) is 0 Å². The minimum atomic E-state index is -3.44. The van der Waals surface area contributed by atoms with Crippen LogP contribution in [0, 0.1) is 0 Å². The Kier molecular flexibility index (Phi) is 4.56. The maximum atomic E-state index is 13.2. The van der Waals surface area contributed by atoms with E-state index in [0.29, 0.717) is 12.1 Å². The van der Waals surface area contributed by atoms with Crippen molar-refractivity contribution >= 4 is 32.1 Å². The number of hydrogen-bond donors (Lipinski definition) is 1. The Morgan fingerprint density at radius 3 is 2.46 bits per heavy atom. The van der Waals surface area contributed by atoms with Crippen molar-refractivity contribution in [1.29, 1.82) is 0 Å². The second-order valence-electron chi connectivity index (χ2n) is 8.96. The van der Waals surface area contributed by atoms with Crippen molar-refractivity contribution in [1.82, 2.24) is 19.3 Å². The number of benzene rings is 2. The van der Waals surface area contributed by atoms with E-state index in [1.165, 1.54) is 6.26 Å². The van der Waals surface area contributed by atoms with Crippen molar-refractivity contribution in [2.24, 2.45) is 14.1 Å². The molecule has 0 bridgehead atoms. The average Bonchev–Trinajstić information content (AvgIpc) is 3.39. The largest absolute Gasteiger partial charge is 0.350 e. The minimum Gasteiger partial charge on any atom is -0.350 e. The van der Waals surface area contributed by atoms with Gasteiger partial charge in [0.1, 0.15) is 5.52 Å². The molecule has 0 amide bonds. The van der Waals surface area contributed by atoms with E-state index in [1.807, 2.05) is 49.6 Å². The summed E-state index contributed by atoms with van der Waals surface area (Å²) in [6.07, 6.45) is 6.70. The van der Waals surface area contributed by atoms with Crippen molar-refractivity contribution in [2.45, 2.75) is 11.4 Å². The number of hydrogen-bond acceptors (Lipinski definition) is 5. The molecular formula is C26H23N5O3S. The van der Waals surface area contributed by atoms with Gasteiger partial charge in [0.15, 0.2) is 9.84 Å². The summed E-state index contributed by atoms with van der Waals surface area (Å²) in [5, 5.41) is 5.13. The molecule has 8 nitrogen and oxygen atoms in total. The summed E-state index contributed by atoms with van der Waals surface area (Å²) < 4.78 is 28.2. The zero-order valence-corrected chi connectivity index (χ0v) is 20.3. The zero-order valence-electron chi connectivity index (χ0n) is 19.5. The number of rotatable bonds is 3. The molecule has 9 heteroatoms. The zero-order chi connectivity index (χ0) is 24.5. The van der Waals surface area contributed by atoms with Gasteiger partial charge in [0.2, 0.25) is 0 Å². The van der Waals surface area contributed by atoms with E-state index < -0.39 is 9.84 Å². The third-order valence-electron chi connectivity index (χ3n) is 6.58. The lowest BCUT2D eigenvalue weighted by atomic mass is 10.00. The molecule has 2 aromatic carbocycles. The van der Waals surface area contributed by atoms with Crippen LogP contribution in [0.4, 0.5) is 11.4 Å². The molecule has 0 atom stereocenters. The summed E-state index contributed by atoms with van der Waals surface area (Å²) in [4.78, 5) is 19.0. The van der Waals surface area contributed by atoms with E-state index >= 15 is 0 Å². The minimum absolute atomic E-state index is 0.144. The Balaban J connectivity index is 1.76. The van der Waals surface area contributed by atoms with Crippen LogP contribution in [-0.4, -0.2) is 34.0 Å². The van der Waals surface area contributed by atoms with Gasteiger partial charge in [0, 0.05) is 71.8 Å². The highest BCUT2D eigenvalue weighted by Gasteiger charge is 2.29. The van der Waals surface area contributed by atoms with Gasteiger partial charge in [-0.25, -0.2) is 8.42 Å². The predicted molar refractivity (Wildman–Crippen MR) is 137 cm³/mol.